The number of rotatable bonds is 6. The van der Waals surface area contributed by atoms with Gasteiger partial charge in [0.15, 0.2) is 5.69 Å². The van der Waals surface area contributed by atoms with E-state index in [2.05, 4.69) is 17.3 Å². The van der Waals surface area contributed by atoms with Gasteiger partial charge in [0, 0.05) is 34.9 Å². The predicted octanol–water partition coefficient (Wildman–Crippen LogP) is 5.33. The fourth-order valence-corrected chi connectivity index (χ4v) is 7.18. The number of anilines is 1. The minimum Gasteiger partial charge on any atom is -0.375 e. The summed E-state index contributed by atoms with van der Waals surface area (Å²) >= 11 is 0. The molecule has 1 N–H and O–H groups in total. The second kappa shape index (κ2) is 9.39. The van der Waals surface area contributed by atoms with Crippen molar-refractivity contribution < 1.29 is 27.3 Å². The van der Waals surface area contributed by atoms with Crippen LogP contribution in [0.3, 0.4) is 0 Å². The summed E-state index contributed by atoms with van der Waals surface area (Å²) in [6.45, 7) is 3.02. The van der Waals surface area contributed by atoms with Gasteiger partial charge in [-0.1, -0.05) is 16.8 Å². The van der Waals surface area contributed by atoms with Gasteiger partial charge in [-0.25, -0.2) is 4.57 Å². The van der Waals surface area contributed by atoms with Crippen LogP contribution in [0.5, 0.6) is 0 Å². The van der Waals surface area contributed by atoms with Gasteiger partial charge in [-0.3, -0.25) is 4.79 Å². The first-order chi connectivity index (χ1) is 19.5. The zero-order valence-electron chi connectivity index (χ0n) is 23.4. The second-order valence-electron chi connectivity index (χ2n) is 12.6. The van der Waals surface area contributed by atoms with Gasteiger partial charge in [0.2, 0.25) is 6.33 Å². The maximum absolute atomic E-state index is 14.4. The van der Waals surface area contributed by atoms with E-state index in [-0.39, 0.29) is 41.3 Å². The first kappa shape index (κ1) is 26.6. The fraction of sp³-hybridized carbons (Fsp3) is 0.516. The van der Waals surface area contributed by atoms with E-state index >= 15 is 0 Å². The highest BCUT2D eigenvalue weighted by molar-refractivity contribution is 6.11. The number of halogens is 3. The van der Waals surface area contributed by atoms with Gasteiger partial charge in [0.1, 0.15) is 0 Å². The molecule has 3 fully saturated rings. The van der Waals surface area contributed by atoms with E-state index in [4.69, 9.17) is 4.74 Å². The zero-order valence-corrected chi connectivity index (χ0v) is 23.4. The van der Waals surface area contributed by atoms with Crippen LogP contribution >= 0.6 is 0 Å². The third-order valence-electron chi connectivity index (χ3n) is 9.66. The van der Waals surface area contributed by atoms with Gasteiger partial charge in [0.05, 0.1) is 30.4 Å². The predicted molar refractivity (Wildman–Crippen MR) is 146 cm³/mol. The number of carbonyl (C=O) groups excluding carboxylic acids is 1. The molecule has 216 valence electrons. The number of aromatic nitrogens is 3. The van der Waals surface area contributed by atoms with Crippen LogP contribution < -0.4 is 14.8 Å². The van der Waals surface area contributed by atoms with E-state index in [0.717, 1.165) is 62.8 Å². The molecule has 1 saturated heterocycles. The lowest BCUT2D eigenvalue weighted by molar-refractivity contribution is -0.672. The maximum atomic E-state index is 14.4. The van der Waals surface area contributed by atoms with Crippen LogP contribution in [-0.2, 0) is 31.1 Å². The average Bonchev–Trinajstić information content (AvgIpc) is 3.63. The van der Waals surface area contributed by atoms with Gasteiger partial charge >= 0.3 is 6.18 Å². The maximum Gasteiger partial charge on any atom is 0.416 e. The van der Waals surface area contributed by atoms with Crippen LogP contribution in [-0.4, -0.2) is 33.4 Å². The van der Waals surface area contributed by atoms with E-state index < -0.39 is 17.6 Å². The molecule has 41 heavy (non-hydrogen) atoms. The Morgan fingerprint density at radius 2 is 1.98 bits per heavy atom. The van der Waals surface area contributed by atoms with Crippen LogP contribution in [0.1, 0.15) is 90.4 Å². The number of fused-ring (bicyclic) bond motifs is 1. The number of nitrogens with one attached hydrogen (secondary N) is 1. The number of benzene rings is 2. The number of para-hydroxylation sites is 1. The molecule has 3 heterocycles. The second-order valence-corrected chi connectivity index (χ2v) is 12.6. The number of carbonyl (C=O) groups is 1. The Morgan fingerprint density at radius 1 is 1.17 bits per heavy atom. The number of nitrogens with zero attached hydrogens (tertiary/aromatic N) is 4. The van der Waals surface area contributed by atoms with Gasteiger partial charge in [-0.15, -0.1) is 0 Å². The number of ether oxygens (including phenoxy) is 1. The van der Waals surface area contributed by atoms with Crippen molar-refractivity contribution in [3.63, 3.8) is 0 Å². The number of aryl methyl sites for hydroxylation is 1. The smallest absolute Gasteiger partial charge is 0.375 e. The van der Waals surface area contributed by atoms with Gasteiger partial charge in [-0.05, 0) is 87.1 Å². The topological polar surface area (TPSA) is 63.3 Å². The minimum absolute atomic E-state index is 0.0328. The summed E-state index contributed by atoms with van der Waals surface area (Å²) in [7, 11) is 1.86. The van der Waals surface area contributed by atoms with Crippen molar-refractivity contribution in [3.8, 4) is 5.69 Å². The molecular weight excluding hydrogens is 531 g/mol. The van der Waals surface area contributed by atoms with Crippen molar-refractivity contribution in [1.82, 2.24) is 15.1 Å². The lowest BCUT2D eigenvalue weighted by Gasteiger charge is -2.45. The SMILES string of the molecule is C[n+]1cnn(-c2c(C3CC4(CCCO4)C3)cccc2N2Cc3c(cc(CNC4(C)CCC4)cc3C(F)(F)F)C2=O)c1. The summed E-state index contributed by atoms with van der Waals surface area (Å²) in [4.78, 5) is 15.4. The molecule has 2 saturated carbocycles. The average molecular weight is 567 g/mol. The third kappa shape index (κ3) is 4.55. The molecule has 3 aromatic rings. The summed E-state index contributed by atoms with van der Waals surface area (Å²) < 4.78 is 52.7. The Kier molecular flexibility index (Phi) is 6.10. The molecular formula is C31H35F3N5O2+. The largest absolute Gasteiger partial charge is 0.416 e. The minimum atomic E-state index is -4.57. The Morgan fingerprint density at radius 3 is 2.61 bits per heavy atom. The number of hydrogen-bond acceptors (Lipinski definition) is 4. The quantitative estimate of drug-likeness (QED) is 0.410. The lowest BCUT2D eigenvalue weighted by Crippen LogP contribution is -2.47. The van der Waals surface area contributed by atoms with Gasteiger partial charge in [0.25, 0.3) is 12.2 Å². The van der Waals surface area contributed by atoms with E-state index in [1.165, 1.54) is 11.0 Å². The monoisotopic (exact) mass is 566 g/mol. The van der Waals surface area contributed by atoms with E-state index in [1.807, 2.05) is 36.1 Å². The van der Waals surface area contributed by atoms with Crippen molar-refractivity contribution in [1.29, 1.82) is 0 Å². The summed E-state index contributed by atoms with van der Waals surface area (Å²) in [5, 5.41) is 7.95. The summed E-state index contributed by atoms with van der Waals surface area (Å²) in [5.74, 6) is -0.199. The summed E-state index contributed by atoms with van der Waals surface area (Å²) in [6, 6.07) is 8.62. The van der Waals surface area contributed by atoms with Crippen LogP contribution in [0, 0.1) is 0 Å². The van der Waals surface area contributed by atoms with Crippen molar-refractivity contribution >= 4 is 11.6 Å². The molecule has 2 aliphatic carbocycles. The van der Waals surface area contributed by atoms with Crippen molar-refractivity contribution in [2.75, 3.05) is 11.5 Å². The molecule has 1 amide bonds. The molecule has 7 nitrogen and oxygen atoms in total. The molecule has 10 heteroatoms. The molecule has 0 bridgehead atoms. The first-order valence-corrected chi connectivity index (χ1v) is 14.5. The molecule has 1 spiro atoms. The van der Waals surface area contributed by atoms with E-state index in [9.17, 15) is 18.0 Å². The van der Waals surface area contributed by atoms with Crippen molar-refractivity contribution in [3.05, 3.63) is 70.8 Å². The molecule has 4 aliphatic rings. The van der Waals surface area contributed by atoms with Crippen LogP contribution in [0.2, 0.25) is 0 Å². The highest BCUT2D eigenvalue weighted by Gasteiger charge is 2.49. The molecule has 0 atom stereocenters. The van der Waals surface area contributed by atoms with E-state index in [0.29, 0.717) is 11.3 Å². The summed E-state index contributed by atoms with van der Waals surface area (Å²) in [5.41, 5.74) is 2.10. The van der Waals surface area contributed by atoms with Crippen molar-refractivity contribution in [2.45, 2.75) is 88.2 Å². The standard InChI is InChI=1S/C31H35F3N5O2/c1-29(8-4-9-29)35-16-20-12-23-24(25(13-20)31(32,33)34)17-38(28(23)40)26-7-3-6-22(27(26)39-19-37(2)18-36-39)21-14-30(15-21)10-5-11-41-30/h3,6-7,12-13,18-19,21,35H,4-5,8-11,14-17H2,1-2H3/q+1. The fourth-order valence-electron chi connectivity index (χ4n) is 7.18. The van der Waals surface area contributed by atoms with Crippen molar-refractivity contribution in [2.24, 2.45) is 7.05 Å². The van der Waals surface area contributed by atoms with Gasteiger partial charge in [-0.2, -0.15) is 13.2 Å². The highest BCUT2D eigenvalue weighted by Crippen LogP contribution is 2.54. The van der Waals surface area contributed by atoms with Crippen LogP contribution in [0.25, 0.3) is 5.69 Å². The first-order valence-electron chi connectivity index (χ1n) is 14.5. The Labute approximate surface area is 237 Å². The lowest BCUT2D eigenvalue weighted by atomic mass is 9.66. The third-order valence-corrected chi connectivity index (χ3v) is 9.66. The van der Waals surface area contributed by atoms with Gasteiger partial charge < -0.3 is 15.0 Å². The molecule has 1 aromatic heterocycles. The molecule has 0 radical (unpaired) electrons. The summed E-state index contributed by atoms with van der Waals surface area (Å²) in [6.07, 6.45) is 5.91. The number of amides is 1. The molecule has 7 rings (SSSR count). The molecule has 2 aromatic carbocycles. The normalized spacial score (nSPS) is 25.0. The Bertz CT molecular complexity index is 1510. The Balaban J connectivity index is 1.27. The highest BCUT2D eigenvalue weighted by atomic mass is 19.4. The number of alkyl halides is 3. The van der Waals surface area contributed by atoms with Crippen LogP contribution in [0.15, 0.2) is 43.0 Å². The molecule has 0 unspecified atom stereocenters. The number of hydrogen-bond donors (Lipinski definition) is 1. The molecule has 2 aliphatic heterocycles. The van der Waals surface area contributed by atoms with Crippen LogP contribution in [0.4, 0.5) is 18.9 Å². The van der Waals surface area contributed by atoms with E-state index in [1.54, 1.807) is 17.1 Å². The Hall–Kier alpha value is -3.24. The zero-order chi connectivity index (χ0) is 28.6.